The summed E-state index contributed by atoms with van der Waals surface area (Å²) in [5.74, 6) is -3.74. The number of aliphatic carboxylic acids is 4. The molecule has 58 heavy (non-hydrogen) atoms. The fraction of sp³-hybridized carbons (Fsp3) is 0.850. The molecule has 330 valence electrons. The highest BCUT2D eigenvalue weighted by Gasteiger charge is 2.65. The lowest BCUT2D eigenvalue weighted by Crippen LogP contribution is -2.62. The Morgan fingerprint density at radius 3 is 2.09 bits per heavy atom. The van der Waals surface area contributed by atoms with Crippen LogP contribution in [0.25, 0.3) is 0 Å². The summed E-state index contributed by atoms with van der Waals surface area (Å²) < 4.78 is 5.85. The maximum atomic E-state index is 12.9. The van der Waals surface area contributed by atoms with Gasteiger partial charge in [0, 0.05) is 39.1 Å². The summed E-state index contributed by atoms with van der Waals surface area (Å²) in [7, 11) is 0. The molecule has 18 nitrogen and oxygen atoms in total. The molecule has 4 rings (SSSR count). The first kappa shape index (κ1) is 46.9. The van der Waals surface area contributed by atoms with Gasteiger partial charge in [0.1, 0.15) is 12.1 Å². The SMILES string of the molecule is CC(CCC(=O)O)[C@H]1CCC2C3C(C[C@H](O)[C@@]21C)[C@@]1(C)CC[C@@H](OC(=O)NCCCC[C@@H](C(=O)O)N(CCNC(=O)O)CCN(CC(=O)O)CC(=O)O)C[C@H]1C[C@H]3O. The first-order chi connectivity index (χ1) is 27.3. The number of alkyl carbamates (subject to hydrolysis) is 1. The van der Waals surface area contributed by atoms with Crippen molar-refractivity contribution in [2.24, 2.45) is 46.3 Å². The zero-order valence-electron chi connectivity index (χ0n) is 34.1. The van der Waals surface area contributed by atoms with Gasteiger partial charge in [-0.1, -0.05) is 20.8 Å². The normalized spacial score (nSPS) is 32.6. The Bertz CT molecular complexity index is 1450. The highest BCUT2D eigenvalue weighted by molar-refractivity contribution is 5.74. The Morgan fingerprint density at radius 1 is 0.776 bits per heavy atom. The Kier molecular flexibility index (Phi) is 16.6. The van der Waals surface area contributed by atoms with Crippen LogP contribution in [0.5, 0.6) is 0 Å². The number of aliphatic hydroxyl groups is 2. The Morgan fingerprint density at radius 2 is 1.47 bits per heavy atom. The van der Waals surface area contributed by atoms with E-state index in [1.807, 2.05) is 0 Å². The largest absolute Gasteiger partial charge is 0.481 e. The van der Waals surface area contributed by atoms with Gasteiger partial charge in [-0.15, -0.1) is 0 Å². The van der Waals surface area contributed by atoms with E-state index in [4.69, 9.17) is 20.1 Å². The van der Waals surface area contributed by atoms with Crippen LogP contribution in [0.1, 0.15) is 97.8 Å². The number of carbonyl (C=O) groups is 6. The summed E-state index contributed by atoms with van der Waals surface area (Å²) in [6.07, 6.45) is 3.27. The van der Waals surface area contributed by atoms with E-state index in [2.05, 4.69) is 31.4 Å². The molecule has 4 aliphatic carbocycles. The Labute approximate surface area is 339 Å². The number of carbonyl (C=O) groups excluding carboxylic acids is 1. The highest BCUT2D eigenvalue weighted by Crippen LogP contribution is 2.68. The van der Waals surface area contributed by atoms with Gasteiger partial charge in [-0.05, 0) is 117 Å². The minimum absolute atomic E-state index is 0.0157. The first-order valence-electron chi connectivity index (χ1n) is 20.9. The highest BCUT2D eigenvalue weighted by atomic mass is 16.6. The van der Waals surface area contributed by atoms with E-state index in [0.717, 1.165) is 24.2 Å². The topological polar surface area (TPSA) is 284 Å². The number of hydrogen-bond donors (Lipinski definition) is 9. The molecule has 12 atom stereocenters. The average molecular weight is 827 g/mol. The fourth-order valence-corrected chi connectivity index (χ4v) is 11.7. The first-order valence-corrected chi connectivity index (χ1v) is 20.9. The van der Waals surface area contributed by atoms with Crippen molar-refractivity contribution in [3.05, 3.63) is 0 Å². The van der Waals surface area contributed by atoms with Crippen molar-refractivity contribution in [1.29, 1.82) is 0 Å². The molecule has 4 unspecified atom stereocenters. The number of rotatable bonds is 22. The lowest BCUT2D eigenvalue weighted by molar-refractivity contribution is -0.207. The van der Waals surface area contributed by atoms with Gasteiger partial charge in [0.25, 0.3) is 0 Å². The molecule has 2 amide bonds. The fourth-order valence-electron chi connectivity index (χ4n) is 11.7. The van der Waals surface area contributed by atoms with Crippen molar-refractivity contribution in [3.8, 4) is 0 Å². The van der Waals surface area contributed by atoms with Gasteiger partial charge in [-0.2, -0.15) is 0 Å². The molecule has 4 aliphatic rings. The predicted molar refractivity (Wildman–Crippen MR) is 207 cm³/mol. The van der Waals surface area contributed by atoms with Crippen LogP contribution in [-0.4, -0.2) is 152 Å². The lowest BCUT2D eigenvalue weighted by atomic mass is 9.43. The van der Waals surface area contributed by atoms with Gasteiger partial charge in [-0.3, -0.25) is 29.0 Å². The molecule has 0 aliphatic heterocycles. The summed E-state index contributed by atoms with van der Waals surface area (Å²) in [6.45, 7) is 5.37. The third kappa shape index (κ3) is 11.5. The third-order valence-corrected chi connectivity index (χ3v) is 14.6. The van der Waals surface area contributed by atoms with Crippen LogP contribution in [0.3, 0.4) is 0 Å². The molecule has 18 heteroatoms. The average Bonchev–Trinajstić information content (AvgIpc) is 3.48. The number of aliphatic hydroxyl groups excluding tert-OH is 2. The number of fused-ring (bicyclic) bond motifs is 5. The summed E-state index contributed by atoms with van der Waals surface area (Å²) in [5, 5.41) is 75.1. The molecular weight excluding hydrogens is 760 g/mol. The van der Waals surface area contributed by atoms with Gasteiger partial charge < -0.3 is 51.1 Å². The molecule has 0 aromatic carbocycles. The number of carboxylic acids is 4. The number of unbranched alkanes of at least 4 members (excludes halogenated alkanes) is 1. The van der Waals surface area contributed by atoms with E-state index in [9.17, 15) is 49.2 Å². The zero-order valence-corrected chi connectivity index (χ0v) is 34.1. The maximum Gasteiger partial charge on any atom is 0.407 e. The minimum atomic E-state index is -1.30. The molecular formula is C40H66N4O14. The number of ether oxygens (including phenoxy) is 1. The monoisotopic (exact) mass is 826 g/mol. The second-order valence-corrected chi connectivity index (χ2v) is 17.9. The molecule has 0 saturated heterocycles. The van der Waals surface area contributed by atoms with Crippen LogP contribution in [0, 0.1) is 46.3 Å². The van der Waals surface area contributed by atoms with Gasteiger partial charge in [0.2, 0.25) is 0 Å². The maximum absolute atomic E-state index is 12.9. The van der Waals surface area contributed by atoms with Crippen LogP contribution in [0.2, 0.25) is 0 Å². The van der Waals surface area contributed by atoms with Crippen LogP contribution in [-0.2, 0) is 23.9 Å². The summed E-state index contributed by atoms with van der Waals surface area (Å²) >= 11 is 0. The standard InChI is InChI=1S/C40H66N4O14/c1-23(7-10-32(47)48)26-8-9-27-35-28(20-31(46)40(26,27)3)39(2)12-11-25(18-24(39)19-30(35)45)58-38(57)42-13-5-4-6-29(36(53)54)44(15-14-41-37(55)56)17-16-43(21-33(49)50)22-34(51)52/h23-31,35,41,45-46H,4-22H2,1-3H3,(H,42,57)(H,47,48)(H,49,50)(H,51,52)(H,53,54)(H,55,56)/t23?,24-,25+,26+,27?,28?,29-,30+,31-,35?,39-,40+/m0/s1. The van der Waals surface area contributed by atoms with Gasteiger partial charge in [0.15, 0.2) is 0 Å². The number of amides is 2. The molecule has 0 aromatic rings. The molecule has 4 fully saturated rings. The minimum Gasteiger partial charge on any atom is -0.481 e. The van der Waals surface area contributed by atoms with Crippen molar-refractivity contribution >= 4 is 36.1 Å². The summed E-state index contributed by atoms with van der Waals surface area (Å²) in [6, 6.07) is -1.08. The predicted octanol–water partition coefficient (Wildman–Crippen LogP) is 2.85. The van der Waals surface area contributed by atoms with Gasteiger partial charge in [0.05, 0.1) is 25.3 Å². The third-order valence-electron chi connectivity index (χ3n) is 14.6. The summed E-state index contributed by atoms with van der Waals surface area (Å²) in [4.78, 5) is 72.6. The van der Waals surface area contributed by atoms with Gasteiger partial charge >= 0.3 is 36.1 Å². The van der Waals surface area contributed by atoms with E-state index in [0.29, 0.717) is 44.9 Å². The zero-order chi connectivity index (χ0) is 42.9. The smallest absolute Gasteiger partial charge is 0.407 e. The van der Waals surface area contributed by atoms with Crippen LogP contribution < -0.4 is 10.6 Å². The van der Waals surface area contributed by atoms with Crippen molar-refractivity contribution in [2.45, 2.75) is 122 Å². The van der Waals surface area contributed by atoms with Crippen LogP contribution in [0.4, 0.5) is 9.59 Å². The van der Waals surface area contributed by atoms with Gasteiger partial charge in [-0.25, -0.2) is 9.59 Å². The number of hydrogen-bond acceptors (Lipinski definition) is 11. The second kappa shape index (κ2) is 20.5. The number of carboxylic acid groups (broad SMARTS) is 5. The molecule has 0 radical (unpaired) electrons. The molecule has 0 spiro atoms. The van der Waals surface area contributed by atoms with E-state index in [1.54, 1.807) is 0 Å². The van der Waals surface area contributed by atoms with Crippen molar-refractivity contribution in [2.75, 3.05) is 45.8 Å². The van der Waals surface area contributed by atoms with E-state index in [1.165, 1.54) is 4.90 Å². The lowest BCUT2D eigenvalue weighted by Gasteiger charge is -2.63. The summed E-state index contributed by atoms with van der Waals surface area (Å²) in [5.41, 5.74) is -0.526. The quantitative estimate of drug-likeness (QED) is 0.0710. The van der Waals surface area contributed by atoms with E-state index < -0.39 is 67.4 Å². The Hall–Kier alpha value is -3.74. The second-order valence-electron chi connectivity index (χ2n) is 17.9. The van der Waals surface area contributed by atoms with Crippen LogP contribution >= 0.6 is 0 Å². The Balaban J connectivity index is 1.27. The van der Waals surface area contributed by atoms with E-state index >= 15 is 0 Å². The van der Waals surface area contributed by atoms with Crippen LogP contribution in [0.15, 0.2) is 0 Å². The van der Waals surface area contributed by atoms with E-state index in [-0.39, 0.29) is 98.0 Å². The molecule has 9 N–H and O–H groups in total. The van der Waals surface area contributed by atoms with Crippen molar-refractivity contribution < 1.29 is 69.2 Å². The number of nitrogens with zero attached hydrogens (tertiary/aromatic N) is 2. The van der Waals surface area contributed by atoms with Crippen molar-refractivity contribution in [1.82, 2.24) is 20.4 Å². The molecule has 0 bridgehead atoms. The van der Waals surface area contributed by atoms with Crippen molar-refractivity contribution in [3.63, 3.8) is 0 Å². The molecule has 4 saturated carbocycles. The molecule has 0 aromatic heterocycles. The number of nitrogens with one attached hydrogen (secondary N) is 2. The molecule has 0 heterocycles.